The number of ether oxygens (including phenoxy) is 1. The van der Waals surface area contributed by atoms with Crippen LogP contribution in [0.15, 0.2) is 18.2 Å². The molecule has 1 aliphatic heterocycles. The average molecular weight is 273 g/mol. The maximum atomic E-state index is 12.1. The second-order valence-electron chi connectivity index (χ2n) is 4.22. The molecule has 17 heavy (non-hydrogen) atoms. The van der Waals surface area contributed by atoms with Crippen molar-refractivity contribution in [3.05, 3.63) is 33.8 Å². The first-order valence-corrected chi connectivity index (χ1v) is 6.53. The highest BCUT2D eigenvalue weighted by molar-refractivity contribution is 6.43. The molecule has 1 unspecified atom stereocenters. The Bertz CT molecular complexity index is 412. The molecule has 0 radical (unpaired) electrons. The van der Waals surface area contributed by atoms with E-state index < -0.39 is 0 Å². The Morgan fingerprint density at radius 3 is 2.88 bits per heavy atom. The van der Waals surface area contributed by atoms with Gasteiger partial charge in [0.15, 0.2) is 5.78 Å². The second-order valence-corrected chi connectivity index (χ2v) is 5.00. The zero-order valence-electron chi connectivity index (χ0n) is 9.42. The van der Waals surface area contributed by atoms with Crippen molar-refractivity contribution in [2.45, 2.75) is 31.8 Å². The first kappa shape index (κ1) is 12.9. The van der Waals surface area contributed by atoms with E-state index in [1.807, 2.05) is 0 Å². The number of halogens is 2. The lowest BCUT2D eigenvalue weighted by Gasteiger charge is -2.22. The van der Waals surface area contributed by atoms with Crippen molar-refractivity contribution in [2.24, 2.45) is 0 Å². The van der Waals surface area contributed by atoms with Gasteiger partial charge in [-0.15, -0.1) is 0 Å². The maximum absolute atomic E-state index is 12.1. The topological polar surface area (TPSA) is 26.3 Å². The van der Waals surface area contributed by atoms with Crippen LogP contribution < -0.4 is 0 Å². The first-order valence-electron chi connectivity index (χ1n) is 5.77. The van der Waals surface area contributed by atoms with Gasteiger partial charge in [0.1, 0.15) is 0 Å². The van der Waals surface area contributed by atoms with E-state index in [1.165, 1.54) is 0 Å². The molecule has 1 aliphatic rings. The zero-order chi connectivity index (χ0) is 12.3. The summed E-state index contributed by atoms with van der Waals surface area (Å²) in [6.07, 6.45) is 3.58. The fourth-order valence-electron chi connectivity index (χ4n) is 2.00. The molecule has 1 fully saturated rings. The number of hydrogen-bond donors (Lipinski definition) is 0. The molecule has 1 aromatic rings. The number of rotatable bonds is 3. The summed E-state index contributed by atoms with van der Waals surface area (Å²) >= 11 is 11.9. The zero-order valence-corrected chi connectivity index (χ0v) is 10.9. The Morgan fingerprint density at radius 1 is 1.35 bits per heavy atom. The van der Waals surface area contributed by atoms with Crippen molar-refractivity contribution in [3.63, 3.8) is 0 Å². The standard InChI is InChI=1S/C13H14Cl2O2/c14-11-6-3-5-10(13(11)15)12(16)8-9-4-1-2-7-17-9/h3,5-6,9H,1-2,4,7-8H2. The first-order chi connectivity index (χ1) is 8.18. The third-order valence-electron chi connectivity index (χ3n) is 2.94. The van der Waals surface area contributed by atoms with Gasteiger partial charge < -0.3 is 4.74 Å². The van der Waals surface area contributed by atoms with E-state index in [9.17, 15) is 4.79 Å². The molecule has 1 heterocycles. The van der Waals surface area contributed by atoms with Crippen LogP contribution in [-0.4, -0.2) is 18.5 Å². The van der Waals surface area contributed by atoms with Crippen LogP contribution in [0.3, 0.4) is 0 Å². The Labute approximate surface area is 111 Å². The fraction of sp³-hybridized carbons (Fsp3) is 0.462. The lowest BCUT2D eigenvalue weighted by molar-refractivity contribution is 0.0129. The summed E-state index contributed by atoms with van der Waals surface area (Å²) in [6.45, 7) is 0.751. The summed E-state index contributed by atoms with van der Waals surface area (Å²) in [5.41, 5.74) is 0.494. The minimum absolute atomic E-state index is 0.00407. The lowest BCUT2D eigenvalue weighted by atomic mass is 10.00. The molecule has 92 valence electrons. The fourth-order valence-corrected chi connectivity index (χ4v) is 2.41. The van der Waals surface area contributed by atoms with Crippen LogP contribution in [0.4, 0.5) is 0 Å². The quantitative estimate of drug-likeness (QED) is 0.774. The lowest BCUT2D eigenvalue weighted by Crippen LogP contribution is -2.22. The molecule has 2 nitrogen and oxygen atoms in total. The minimum Gasteiger partial charge on any atom is -0.378 e. The van der Waals surface area contributed by atoms with E-state index in [-0.39, 0.29) is 11.9 Å². The van der Waals surface area contributed by atoms with Gasteiger partial charge in [-0.2, -0.15) is 0 Å². The van der Waals surface area contributed by atoms with Crippen LogP contribution in [0.25, 0.3) is 0 Å². The van der Waals surface area contributed by atoms with Gasteiger partial charge in [-0.3, -0.25) is 4.79 Å². The van der Waals surface area contributed by atoms with Crippen LogP contribution in [0.2, 0.25) is 10.0 Å². The van der Waals surface area contributed by atoms with Gasteiger partial charge in [0.2, 0.25) is 0 Å². The van der Waals surface area contributed by atoms with Crippen LogP contribution >= 0.6 is 23.2 Å². The number of hydrogen-bond acceptors (Lipinski definition) is 2. The van der Waals surface area contributed by atoms with E-state index in [1.54, 1.807) is 18.2 Å². The summed E-state index contributed by atoms with van der Waals surface area (Å²) in [6, 6.07) is 5.13. The Morgan fingerprint density at radius 2 is 2.18 bits per heavy atom. The van der Waals surface area contributed by atoms with Crippen molar-refractivity contribution < 1.29 is 9.53 Å². The summed E-state index contributed by atoms with van der Waals surface area (Å²) in [7, 11) is 0. The van der Waals surface area contributed by atoms with Gasteiger partial charge in [0, 0.05) is 18.6 Å². The maximum Gasteiger partial charge on any atom is 0.167 e. The monoisotopic (exact) mass is 272 g/mol. The number of Topliss-reactive ketones (excluding diaryl/α,β-unsaturated/α-hetero) is 1. The molecular weight excluding hydrogens is 259 g/mol. The van der Waals surface area contributed by atoms with Crippen molar-refractivity contribution in [1.29, 1.82) is 0 Å². The van der Waals surface area contributed by atoms with E-state index in [0.717, 1.165) is 25.9 Å². The molecule has 0 aromatic heterocycles. The number of benzene rings is 1. The molecule has 1 aromatic carbocycles. The minimum atomic E-state index is 0.00407. The van der Waals surface area contributed by atoms with Gasteiger partial charge in [-0.05, 0) is 31.4 Å². The number of ketones is 1. The Hall–Kier alpha value is -0.570. The molecule has 0 bridgehead atoms. The van der Waals surface area contributed by atoms with E-state index in [0.29, 0.717) is 22.0 Å². The van der Waals surface area contributed by atoms with Crippen LogP contribution in [0.5, 0.6) is 0 Å². The molecular formula is C13H14Cl2O2. The smallest absolute Gasteiger partial charge is 0.167 e. The van der Waals surface area contributed by atoms with Crippen LogP contribution in [-0.2, 0) is 4.74 Å². The molecule has 2 rings (SSSR count). The third-order valence-corrected chi connectivity index (χ3v) is 3.76. The van der Waals surface area contributed by atoms with Gasteiger partial charge in [0.05, 0.1) is 16.1 Å². The number of carbonyl (C=O) groups excluding carboxylic acids is 1. The van der Waals surface area contributed by atoms with Crippen molar-refractivity contribution >= 4 is 29.0 Å². The van der Waals surface area contributed by atoms with Crippen molar-refractivity contribution in [1.82, 2.24) is 0 Å². The van der Waals surface area contributed by atoms with Gasteiger partial charge >= 0.3 is 0 Å². The normalized spacial score (nSPS) is 20.2. The molecule has 0 saturated carbocycles. The third kappa shape index (κ3) is 3.21. The molecule has 0 N–H and O–H groups in total. The SMILES string of the molecule is O=C(CC1CCCCO1)c1cccc(Cl)c1Cl. The molecule has 0 amide bonds. The predicted molar refractivity (Wildman–Crippen MR) is 69.0 cm³/mol. The summed E-state index contributed by atoms with van der Waals surface area (Å²) in [5, 5.41) is 0.761. The predicted octanol–water partition coefficient (Wildman–Crippen LogP) is 4.14. The second kappa shape index (κ2) is 5.85. The summed E-state index contributed by atoms with van der Waals surface area (Å²) < 4.78 is 5.54. The van der Waals surface area contributed by atoms with Gasteiger partial charge in [0.25, 0.3) is 0 Å². The molecule has 0 spiro atoms. The highest BCUT2D eigenvalue weighted by Crippen LogP contribution is 2.27. The molecule has 4 heteroatoms. The molecule has 1 atom stereocenters. The average Bonchev–Trinajstić information content (AvgIpc) is 2.34. The van der Waals surface area contributed by atoms with E-state index >= 15 is 0 Å². The van der Waals surface area contributed by atoms with Crippen molar-refractivity contribution in [3.8, 4) is 0 Å². The van der Waals surface area contributed by atoms with Gasteiger partial charge in [-0.25, -0.2) is 0 Å². The Kier molecular flexibility index (Phi) is 4.43. The van der Waals surface area contributed by atoms with Gasteiger partial charge in [-0.1, -0.05) is 29.3 Å². The highest BCUT2D eigenvalue weighted by Gasteiger charge is 2.20. The molecule has 1 saturated heterocycles. The summed E-state index contributed by atoms with van der Waals surface area (Å²) in [5.74, 6) is 0.00407. The Balaban J connectivity index is 2.06. The largest absolute Gasteiger partial charge is 0.378 e. The van der Waals surface area contributed by atoms with E-state index in [2.05, 4.69) is 0 Å². The van der Waals surface area contributed by atoms with E-state index in [4.69, 9.17) is 27.9 Å². The molecule has 0 aliphatic carbocycles. The van der Waals surface area contributed by atoms with Crippen molar-refractivity contribution in [2.75, 3.05) is 6.61 Å². The number of carbonyl (C=O) groups is 1. The summed E-state index contributed by atoms with van der Waals surface area (Å²) in [4.78, 5) is 12.1. The van der Waals surface area contributed by atoms with Crippen LogP contribution in [0, 0.1) is 0 Å². The van der Waals surface area contributed by atoms with Crippen LogP contribution in [0.1, 0.15) is 36.0 Å². The highest BCUT2D eigenvalue weighted by atomic mass is 35.5.